The molecule has 2 aromatic heterocycles. The molecule has 1 aromatic carbocycles. The molecule has 0 unspecified atom stereocenters. The molecular formula is C17H15FN4. The minimum absolute atomic E-state index is 0.213. The Labute approximate surface area is 127 Å². The third kappa shape index (κ3) is 2.44. The van der Waals surface area contributed by atoms with Crippen LogP contribution in [0.2, 0.25) is 0 Å². The van der Waals surface area contributed by atoms with Gasteiger partial charge in [0.15, 0.2) is 0 Å². The molecule has 0 bridgehead atoms. The minimum Gasteiger partial charge on any atom is -0.293 e. The fraction of sp³-hybridized carbons (Fsp3) is 0.235. The van der Waals surface area contributed by atoms with Crippen LogP contribution >= 0.6 is 0 Å². The van der Waals surface area contributed by atoms with Crippen molar-refractivity contribution in [1.29, 1.82) is 0 Å². The summed E-state index contributed by atoms with van der Waals surface area (Å²) < 4.78 is 13.8. The molecule has 1 aliphatic heterocycles. The van der Waals surface area contributed by atoms with Gasteiger partial charge in [-0.05, 0) is 35.7 Å². The first-order chi connectivity index (χ1) is 10.8. The maximum atomic E-state index is 13.8. The van der Waals surface area contributed by atoms with Gasteiger partial charge in [0.1, 0.15) is 12.1 Å². The molecule has 0 atom stereocenters. The number of nitrogens with zero attached hydrogens (tertiary/aromatic N) is 4. The normalized spacial score (nSPS) is 15.0. The van der Waals surface area contributed by atoms with Gasteiger partial charge in [0.2, 0.25) is 0 Å². The van der Waals surface area contributed by atoms with Gasteiger partial charge in [-0.1, -0.05) is 6.07 Å². The van der Waals surface area contributed by atoms with Crippen LogP contribution in [0.1, 0.15) is 16.8 Å². The number of fused-ring (bicyclic) bond motifs is 2. The number of hydrogen-bond donors (Lipinski definition) is 0. The van der Waals surface area contributed by atoms with E-state index in [-0.39, 0.29) is 5.82 Å². The van der Waals surface area contributed by atoms with Crippen LogP contribution in [0.5, 0.6) is 0 Å². The van der Waals surface area contributed by atoms with Crippen molar-refractivity contribution in [3.05, 3.63) is 65.6 Å². The lowest BCUT2D eigenvalue weighted by atomic mass is 10.0. The van der Waals surface area contributed by atoms with Gasteiger partial charge >= 0.3 is 0 Å². The van der Waals surface area contributed by atoms with Crippen LogP contribution < -0.4 is 0 Å². The molecule has 4 nitrogen and oxygen atoms in total. The van der Waals surface area contributed by atoms with E-state index in [2.05, 4.69) is 19.9 Å². The van der Waals surface area contributed by atoms with E-state index in [1.54, 1.807) is 18.6 Å². The molecule has 110 valence electrons. The van der Waals surface area contributed by atoms with Gasteiger partial charge in [-0.2, -0.15) is 0 Å². The summed E-state index contributed by atoms with van der Waals surface area (Å²) in [6.45, 7) is 2.36. The van der Waals surface area contributed by atoms with Crippen LogP contribution in [0.15, 0.2) is 43.0 Å². The van der Waals surface area contributed by atoms with Gasteiger partial charge in [0, 0.05) is 37.4 Å². The van der Waals surface area contributed by atoms with E-state index in [9.17, 15) is 4.39 Å². The molecule has 0 saturated heterocycles. The second-order valence-corrected chi connectivity index (χ2v) is 5.60. The predicted molar refractivity (Wildman–Crippen MR) is 81.6 cm³/mol. The summed E-state index contributed by atoms with van der Waals surface area (Å²) in [6.07, 6.45) is 6.15. The van der Waals surface area contributed by atoms with Crippen molar-refractivity contribution in [1.82, 2.24) is 19.9 Å². The monoisotopic (exact) mass is 294 g/mol. The number of halogens is 1. The second-order valence-electron chi connectivity index (χ2n) is 5.60. The van der Waals surface area contributed by atoms with Gasteiger partial charge in [0.05, 0.1) is 11.2 Å². The number of aromatic nitrogens is 3. The van der Waals surface area contributed by atoms with E-state index < -0.39 is 0 Å². The van der Waals surface area contributed by atoms with Crippen molar-refractivity contribution >= 4 is 10.9 Å². The Morgan fingerprint density at radius 1 is 1.23 bits per heavy atom. The maximum absolute atomic E-state index is 13.8. The third-order valence-corrected chi connectivity index (χ3v) is 4.09. The molecule has 0 amide bonds. The lowest BCUT2D eigenvalue weighted by molar-refractivity contribution is 0.241. The Balaban J connectivity index is 1.65. The van der Waals surface area contributed by atoms with Crippen LogP contribution in [0.3, 0.4) is 0 Å². The van der Waals surface area contributed by atoms with Crippen LogP contribution in [0.25, 0.3) is 10.9 Å². The molecule has 5 heteroatoms. The Kier molecular flexibility index (Phi) is 3.27. The van der Waals surface area contributed by atoms with Crippen molar-refractivity contribution in [3.8, 4) is 0 Å². The van der Waals surface area contributed by atoms with E-state index in [1.165, 1.54) is 11.6 Å². The van der Waals surface area contributed by atoms with Crippen LogP contribution in [0, 0.1) is 5.82 Å². The topological polar surface area (TPSA) is 41.9 Å². The average molecular weight is 294 g/mol. The number of hydrogen-bond acceptors (Lipinski definition) is 4. The smallest absolute Gasteiger partial charge is 0.124 e. The molecule has 0 aliphatic carbocycles. The van der Waals surface area contributed by atoms with Gasteiger partial charge in [0.25, 0.3) is 0 Å². The van der Waals surface area contributed by atoms with Gasteiger partial charge in [-0.3, -0.25) is 9.88 Å². The quantitative estimate of drug-likeness (QED) is 0.729. The largest absolute Gasteiger partial charge is 0.293 e. The van der Waals surface area contributed by atoms with E-state index in [1.807, 2.05) is 18.3 Å². The first-order valence-corrected chi connectivity index (χ1v) is 7.33. The van der Waals surface area contributed by atoms with Gasteiger partial charge < -0.3 is 0 Å². The molecule has 0 N–H and O–H groups in total. The highest BCUT2D eigenvalue weighted by molar-refractivity contribution is 5.81. The molecule has 1 aliphatic rings. The lowest BCUT2D eigenvalue weighted by Gasteiger charge is -2.27. The van der Waals surface area contributed by atoms with Crippen molar-refractivity contribution in [2.45, 2.75) is 19.5 Å². The molecule has 0 fully saturated rings. The van der Waals surface area contributed by atoms with Crippen LogP contribution in [-0.2, 0) is 19.5 Å². The van der Waals surface area contributed by atoms with E-state index in [4.69, 9.17) is 0 Å². The van der Waals surface area contributed by atoms with Crippen molar-refractivity contribution in [2.75, 3.05) is 6.54 Å². The summed E-state index contributed by atoms with van der Waals surface area (Å²) in [6, 6.07) is 6.85. The zero-order valence-electron chi connectivity index (χ0n) is 12.0. The lowest BCUT2D eigenvalue weighted by Crippen LogP contribution is -2.31. The molecule has 3 heterocycles. The minimum atomic E-state index is -0.213. The summed E-state index contributed by atoms with van der Waals surface area (Å²) in [7, 11) is 0. The molecule has 3 aromatic rings. The first-order valence-electron chi connectivity index (χ1n) is 7.33. The summed E-state index contributed by atoms with van der Waals surface area (Å²) in [5.41, 5.74) is 4.07. The Hall–Kier alpha value is -2.40. The molecular weight excluding hydrogens is 279 g/mol. The SMILES string of the molecule is Fc1cc(CN2CCc3cncnc3C2)c2ncccc2c1. The second kappa shape index (κ2) is 5.42. The average Bonchev–Trinajstić information content (AvgIpc) is 2.54. The predicted octanol–water partition coefficient (Wildman–Crippen LogP) is 2.72. The van der Waals surface area contributed by atoms with E-state index in [0.717, 1.165) is 41.7 Å². The highest BCUT2D eigenvalue weighted by atomic mass is 19.1. The summed E-state index contributed by atoms with van der Waals surface area (Å²) in [5.74, 6) is -0.213. The summed E-state index contributed by atoms with van der Waals surface area (Å²) >= 11 is 0. The molecule has 22 heavy (non-hydrogen) atoms. The Morgan fingerprint density at radius 2 is 2.18 bits per heavy atom. The standard InChI is InChI=1S/C17H15FN4/c18-15-6-12-2-1-4-20-17(12)14(7-15)9-22-5-3-13-8-19-11-21-16(13)10-22/h1-2,4,6-8,11H,3,5,9-10H2. The van der Waals surface area contributed by atoms with Crippen LogP contribution in [0.4, 0.5) is 4.39 Å². The van der Waals surface area contributed by atoms with Crippen molar-refractivity contribution in [2.24, 2.45) is 0 Å². The van der Waals surface area contributed by atoms with E-state index in [0.29, 0.717) is 6.54 Å². The first kappa shape index (κ1) is 13.3. The van der Waals surface area contributed by atoms with E-state index >= 15 is 0 Å². The highest BCUT2D eigenvalue weighted by Gasteiger charge is 2.18. The molecule has 4 rings (SSSR count). The number of benzene rings is 1. The fourth-order valence-corrected chi connectivity index (χ4v) is 3.03. The maximum Gasteiger partial charge on any atom is 0.124 e. The summed E-state index contributed by atoms with van der Waals surface area (Å²) in [5, 5.41) is 0.845. The Morgan fingerprint density at radius 3 is 3.14 bits per heavy atom. The highest BCUT2D eigenvalue weighted by Crippen LogP contribution is 2.23. The van der Waals surface area contributed by atoms with Crippen molar-refractivity contribution in [3.63, 3.8) is 0 Å². The number of pyridine rings is 1. The zero-order valence-corrected chi connectivity index (χ0v) is 12.0. The Bertz CT molecular complexity index is 834. The fourth-order valence-electron chi connectivity index (χ4n) is 3.03. The molecule has 0 spiro atoms. The van der Waals surface area contributed by atoms with Gasteiger partial charge in [-0.15, -0.1) is 0 Å². The molecule has 0 saturated carbocycles. The van der Waals surface area contributed by atoms with Gasteiger partial charge in [-0.25, -0.2) is 14.4 Å². The zero-order chi connectivity index (χ0) is 14.9. The number of rotatable bonds is 2. The third-order valence-electron chi connectivity index (χ3n) is 4.09. The van der Waals surface area contributed by atoms with Crippen LogP contribution in [-0.4, -0.2) is 26.4 Å². The van der Waals surface area contributed by atoms with Crippen molar-refractivity contribution < 1.29 is 4.39 Å². The summed E-state index contributed by atoms with van der Waals surface area (Å²) in [4.78, 5) is 15.1. The molecule has 0 radical (unpaired) electrons.